The maximum Gasteiger partial charge on any atom is 0.317 e. The lowest BCUT2D eigenvalue weighted by Gasteiger charge is -2.30. The minimum absolute atomic E-state index is 0.0166. The van der Waals surface area contributed by atoms with Crippen molar-refractivity contribution in [1.82, 2.24) is 10.2 Å². The van der Waals surface area contributed by atoms with Gasteiger partial charge < -0.3 is 15.3 Å². The van der Waals surface area contributed by atoms with Crippen molar-refractivity contribution in [3.8, 4) is 0 Å². The molecule has 2 amide bonds. The number of nitrogens with zero attached hydrogens (tertiary/aromatic N) is 1. The largest absolute Gasteiger partial charge is 0.481 e. The number of carboxylic acid groups (broad SMARTS) is 1. The lowest BCUT2D eigenvalue weighted by atomic mass is 10.0. The number of piperidine rings is 1. The Labute approximate surface area is 102 Å². The molecule has 0 aromatic carbocycles. The van der Waals surface area contributed by atoms with E-state index in [1.54, 1.807) is 4.90 Å². The number of aliphatic carboxylic acids is 1. The van der Waals surface area contributed by atoms with E-state index in [9.17, 15) is 9.59 Å². The van der Waals surface area contributed by atoms with Crippen molar-refractivity contribution in [2.24, 2.45) is 5.92 Å². The number of likely N-dealkylation sites (tertiary alicyclic amines) is 1. The molecule has 5 heteroatoms. The zero-order valence-corrected chi connectivity index (χ0v) is 10.6. The number of urea groups is 1. The molecule has 0 spiro atoms. The molecule has 2 N–H and O–H groups in total. The van der Waals surface area contributed by atoms with E-state index in [0.29, 0.717) is 0 Å². The van der Waals surface area contributed by atoms with E-state index >= 15 is 0 Å². The topological polar surface area (TPSA) is 69.6 Å². The number of carbonyl (C=O) groups is 2. The molecule has 98 valence electrons. The summed E-state index contributed by atoms with van der Waals surface area (Å²) in [4.78, 5) is 24.4. The summed E-state index contributed by atoms with van der Waals surface area (Å²) in [6.07, 6.45) is 3.24. The number of amides is 2. The van der Waals surface area contributed by atoms with Crippen LogP contribution < -0.4 is 5.32 Å². The molecule has 0 saturated carbocycles. The second kappa shape index (κ2) is 6.47. The van der Waals surface area contributed by atoms with Crippen LogP contribution in [0.15, 0.2) is 0 Å². The first-order valence-corrected chi connectivity index (χ1v) is 6.28. The van der Waals surface area contributed by atoms with E-state index in [2.05, 4.69) is 5.32 Å². The minimum atomic E-state index is -0.873. The molecule has 1 aliphatic rings. The van der Waals surface area contributed by atoms with Gasteiger partial charge in [0.2, 0.25) is 0 Å². The van der Waals surface area contributed by atoms with Gasteiger partial charge in [0.05, 0.1) is 6.42 Å². The van der Waals surface area contributed by atoms with E-state index in [0.717, 1.165) is 25.9 Å². The standard InChI is InChI=1S/C12H22N2O3/c1-9(2)10(8-11(15)16)13-12(17)14-6-4-3-5-7-14/h9-10H,3-8H2,1-2H3,(H,13,17)(H,15,16). The van der Waals surface area contributed by atoms with Crippen molar-refractivity contribution >= 4 is 12.0 Å². The zero-order valence-electron chi connectivity index (χ0n) is 10.6. The first-order chi connectivity index (χ1) is 8.00. The summed E-state index contributed by atoms with van der Waals surface area (Å²) in [6.45, 7) is 5.40. The Bertz CT molecular complexity index is 273. The summed E-state index contributed by atoms with van der Waals surface area (Å²) < 4.78 is 0. The van der Waals surface area contributed by atoms with Crippen LogP contribution in [0, 0.1) is 5.92 Å². The smallest absolute Gasteiger partial charge is 0.317 e. The van der Waals surface area contributed by atoms with Gasteiger partial charge in [0.25, 0.3) is 0 Å². The third-order valence-electron chi connectivity index (χ3n) is 3.15. The van der Waals surface area contributed by atoms with Crippen LogP contribution in [0.2, 0.25) is 0 Å². The maximum atomic E-state index is 11.9. The normalized spacial score (nSPS) is 17.9. The van der Waals surface area contributed by atoms with E-state index < -0.39 is 5.97 Å². The second-order valence-corrected chi connectivity index (χ2v) is 4.95. The molecule has 0 radical (unpaired) electrons. The van der Waals surface area contributed by atoms with Gasteiger partial charge in [0, 0.05) is 19.1 Å². The molecular weight excluding hydrogens is 220 g/mol. The number of hydrogen-bond acceptors (Lipinski definition) is 2. The SMILES string of the molecule is CC(C)C(CC(=O)O)NC(=O)N1CCCCC1. The molecule has 1 heterocycles. The summed E-state index contributed by atoms with van der Waals surface area (Å²) in [5.41, 5.74) is 0. The van der Waals surface area contributed by atoms with Crippen molar-refractivity contribution in [2.45, 2.75) is 45.6 Å². The van der Waals surface area contributed by atoms with Gasteiger partial charge in [0.15, 0.2) is 0 Å². The molecule has 5 nitrogen and oxygen atoms in total. The number of carboxylic acids is 1. The number of hydrogen-bond donors (Lipinski definition) is 2. The van der Waals surface area contributed by atoms with Crippen molar-refractivity contribution in [3.05, 3.63) is 0 Å². The van der Waals surface area contributed by atoms with Crippen molar-refractivity contribution in [3.63, 3.8) is 0 Å². The predicted octanol–water partition coefficient (Wildman–Crippen LogP) is 1.68. The molecule has 0 aromatic rings. The van der Waals surface area contributed by atoms with E-state index in [1.165, 1.54) is 6.42 Å². The van der Waals surface area contributed by atoms with E-state index in [4.69, 9.17) is 5.11 Å². The maximum absolute atomic E-state index is 11.9. The molecule has 1 atom stereocenters. The fourth-order valence-electron chi connectivity index (χ4n) is 1.99. The highest BCUT2D eigenvalue weighted by molar-refractivity contribution is 5.76. The molecule has 1 saturated heterocycles. The molecule has 1 rings (SSSR count). The average Bonchev–Trinajstić information content (AvgIpc) is 2.28. The second-order valence-electron chi connectivity index (χ2n) is 4.95. The van der Waals surface area contributed by atoms with Gasteiger partial charge in [-0.3, -0.25) is 4.79 Å². The number of carbonyl (C=O) groups excluding carboxylic acids is 1. The molecule has 17 heavy (non-hydrogen) atoms. The minimum Gasteiger partial charge on any atom is -0.481 e. The van der Waals surface area contributed by atoms with Gasteiger partial charge in [-0.1, -0.05) is 13.8 Å². The van der Waals surface area contributed by atoms with Gasteiger partial charge in [-0.15, -0.1) is 0 Å². The Morgan fingerprint density at radius 3 is 2.29 bits per heavy atom. The number of rotatable bonds is 4. The first kappa shape index (κ1) is 13.8. The van der Waals surface area contributed by atoms with E-state index in [-0.39, 0.29) is 24.4 Å². The first-order valence-electron chi connectivity index (χ1n) is 6.28. The summed E-state index contributed by atoms with van der Waals surface area (Å²) >= 11 is 0. The van der Waals surface area contributed by atoms with Crippen LogP contribution in [-0.4, -0.2) is 41.1 Å². The van der Waals surface area contributed by atoms with E-state index in [1.807, 2.05) is 13.8 Å². The Morgan fingerprint density at radius 1 is 1.24 bits per heavy atom. The Hall–Kier alpha value is -1.26. The van der Waals surface area contributed by atoms with Gasteiger partial charge in [-0.2, -0.15) is 0 Å². The number of nitrogens with one attached hydrogen (secondary N) is 1. The fourth-order valence-corrected chi connectivity index (χ4v) is 1.99. The van der Waals surface area contributed by atoms with Crippen molar-refractivity contribution in [1.29, 1.82) is 0 Å². The van der Waals surface area contributed by atoms with Crippen LogP contribution in [0.5, 0.6) is 0 Å². The molecule has 0 aliphatic carbocycles. The van der Waals surface area contributed by atoms with Crippen LogP contribution in [-0.2, 0) is 4.79 Å². The zero-order chi connectivity index (χ0) is 12.8. The Balaban J connectivity index is 2.47. The van der Waals surface area contributed by atoms with Crippen LogP contribution in [0.1, 0.15) is 39.5 Å². The summed E-state index contributed by atoms with van der Waals surface area (Å²) in [5.74, 6) is -0.748. The monoisotopic (exact) mass is 242 g/mol. The van der Waals surface area contributed by atoms with Crippen LogP contribution in [0.4, 0.5) is 4.79 Å². The third kappa shape index (κ3) is 4.63. The molecular formula is C12H22N2O3. The van der Waals surface area contributed by atoms with Gasteiger partial charge in [0.1, 0.15) is 0 Å². The third-order valence-corrected chi connectivity index (χ3v) is 3.15. The summed E-state index contributed by atoms with van der Waals surface area (Å²) in [7, 11) is 0. The predicted molar refractivity (Wildman–Crippen MR) is 64.8 cm³/mol. The summed E-state index contributed by atoms with van der Waals surface area (Å²) in [6, 6.07) is -0.411. The molecule has 0 aromatic heterocycles. The van der Waals surface area contributed by atoms with Crippen LogP contribution in [0.25, 0.3) is 0 Å². The van der Waals surface area contributed by atoms with Crippen LogP contribution in [0.3, 0.4) is 0 Å². The lowest BCUT2D eigenvalue weighted by molar-refractivity contribution is -0.137. The molecule has 1 unspecified atom stereocenters. The highest BCUT2D eigenvalue weighted by Gasteiger charge is 2.23. The van der Waals surface area contributed by atoms with Gasteiger partial charge >= 0.3 is 12.0 Å². The van der Waals surface area contributed by atoms with Crippen LogP contribution >= 0.6 is 0 Å². The lowest BCUT2D eigenvalue weighted by Crippen LogP contribution is -2.49. The molecule has 0 bridgehead atoms. The molecule has 1 fully saturated rings. The van der Waals surface area contributed by atoms with Gasteiger partial charge in [-0.25, -0.2) is 4.79 Å². The summed E-state index contributed by atoms with van der Waals surface area (Å²) in [5, 5.41) is 11.6. The Kier molecular flexibility index (Phi) is 5.25. The average molecular weight is 242 g/mol. The molecule has 1 aliphatic heterocycles. The fraction of sp³-hybridized carbons (Fsp3) is 0.833. The van der Waals surface area contributed by atoms with Gasteiger partial charge in [-0.05, 0) is 25.2 Å². The Morgan fingerprint density at radius 2 is 1.82 bits per heavy atom. The highest BCUT2D eigenvalue weighted by atomic mass is 16.4. The van der Waals surface area contributed by atoms with Crippen molar-refractivity contribution in [2.75, 3.05) is 13.1 Å². The van der Waals surface area contributed by atoms with Crippen molar-refractivity contribution < 1.29 is 14.7 Å². The highest BCUT2D eigenvalue weighted by Crippen LogP contribution is 2.11. The quantitative estimate of drug-likeness (QED) is 0.788.